The Kier molecular flexibility index (Phi) is 9.73. The van der Waals surface area contributed by atoms with Crippen molar-refractivity contribution < 1.29 is 19.1 Å². The van der Waals surface area contributed by atoms with Crippen LogP contribution in [-0.2, 0) is 9.53 Å². The van der Waals surface area contributed by atoms with Gasteiger partial charge in [0.25, 0.3) is 0 Å². The molecule has 0 unspecified atom stereocenters. The van der Waals surface area contributed by atoms with Crippen molar-refractivity contribution in [3.8, 4) is 16.9 Å². The number of halogens is 1. The summed E-state index contributed by atoms with van der Waals surface area (Å²) in [7, 11) is 0. The summed E-state index contributed by atoms with van der Waals surface area (Å²) in [6.45, 7) is 4.26. The maximum atomic E-state index is 12.5. The van der Waals surface area contributed by atoms with Crippen molar-refractivity contribution in [2.45, 2.75) is 45.6 Å². The van der Waals surface area contributed by atoms with Crippen LogP contribution in [0, 0.1) is 11.8 Å². The normalized spacial score (nSPS) is 17.5. The molecule has 1 aliphatic carbocycles. The zero-order valence-corrected chi connectivity index (χ0v) is 19.8. The SMILES string of the molecule is CC(C)OC(=O)c1ccc(-c2ccc(OC(=O)C3CCC(CN=C(N)N)CC3)cc2)cc1.Cl. The molecule has 0 radical (unpaired) electrons. The van der Waals surface area contributed by atoms with E-state index in [9.17, 15) is 9.59 Å². The van der Waals surface area contributed by atoms with E-state index in [-0.39, 0.29) is 42.3 Å². The Morgan fingerprint density at radius 3 is 2.00 bits per heavy atom. The number of aliphatic imine (C=N–C) groups is 1. The first-order valence-corrected chi connectivity index (χ1v) is 11.0. The van der Waals surface area contributed by atoms with Gasteiger partial charge in [-0.2, -0.15) is 0 Å². The predicted molar refractivity (Wildman–Crippen MR) is 131 cm³/mol. The first-order valence-electron chi connectivity index (χ1n) is 11.0. The van der Waals surface area contributed by atoms with Gasteiger partial charge in [-0.1, -0.05) is 24.3 Å². The van der Waals surface area contributed by atoms with E-state index in [1.54, 1.807) is 24.3 Å². The third-order valence-corrected chi connectivity index (χ3v) is 5.58. The van der Waals surface area contributed by atoms with Crippen molar-refractivity contribution in [2.75, 3.05) is 6.54 Å². The third kappa shape index (κ3) is 7.79. The van der Waals surface area contributed by atoms with Gasteiger partial charge in [0.05, 0.1) is 17.6 Å². The third-order valence-electron chi connectivity index (χ3n) is 5.58. The minimum absolute atomic E-state index is 0. The standard InChI is InChI=1S/C25H31N3O4.ClH/c1-16(2)31-23(29)21-9-7-18(8-10-21)19-11-13-22(14-12-19)32-24(30)20-5-3-17(4-6-20)15-28-25(26)27;/h7-14,16-17,20H,3-6,15H2,1-2H3,(H4,26,27,28);1H. The first kappa shape index (κ1) is 26.2. The summed E-state index contributed by atoms with van der Waals surface area (Å²) in [4.78, 5) is 28.6. The summed E-state index contributed by atoms with van der Waals surface area (Å²) in [5.74, 6) is 0.436. The molecule has 2 aromatic carbocycles. The molecule has 0 spiro atoms. The fraction of sp³-hybridized carbons (Fsp3) is 0.400. The number of nitrogens with two attached hydrogens (primary N) is 2. The summed E-state index contributed by atoms with van der Waals surface area (Å²) >= 11 is 0. The number of hydrogen-bond acceptors (Lipinski definition) is 5. The maximum absolute atomic E-state index is 12.5. The highest BCUT2D eigenvalue weighted by Crippen LogP contribution is 2.31. The van der Waals surface area contributed by atoms with Crippen LogP contribution in [0.25, 0.3) is 11.1 Å². The average molecular weight is 474 g/mol. The van der Waals surface area contributed by atoms with Crippen molar-refractivity contribution in [3.05, 3.63) is 54.1 Å². The lowest BCUT2D eigenvalue weighted by molar-refractivity contribution is -0.140. The van der Waals surface area contributed by atoms with Gasteiger partial charge in [-0.25, -0.2) is 4.79 Å². The first-order chi connectivity index (χ1) is 15.3. The molecule has 7 nitrogen and oxygen atoms in total. The molecule has 0 atom stereocenters. The minimum atomic E-state index is -0.334. The Labute approximate surface area is 201 Å². The molecule has 0 aromatic heterocycles. The quantitative estimate of drug-likeness (QED) is 0.267. The Hall–Kier alpha value is -3.06. The van der Waals surface area contributed by atoms with Crippen LogP contribution in [0.2, 0.25) is 0 Å². The molecule has 1 fully saturated rings. The zero-order chi connectivity index (χ0) is 23.1. The molecule has 4 N–H and O–H groups in total. The van der Waals surface area contributed by atoms with Crippen molar-refractivity contribution in [2.24, 2.45) is 28.3 Å². The highest BCUT2D eigenvalue weighted by molar-refractivity contribution is 5.90. The van der Waals surface area contributed by atoms with Gasteiger partial charge in [-0.05, 0) is 80.8 Å². The van der Waals surface area contributed by atoms with Gasteiger partial charge in [0.15, 0.2) is 5.96 Å². The van der Waals surface area contributed by atoms with Crippen molar-refractivity contribution in [3.63, 3.8) is 0 Å². The number of carbonyl (C=O) groups excluding carboxylic acids is 2. The number of nitrogens with zero attached hydrogens (tertiary/aromatic N) is 1. The predicted octanol–water partition coefficient (Wildman–Crippen LogP) is 4.33. The fourth-order valence-corrected chi connectivity index (χ4v) is 3.81. The second-order valence-electron chi connectivity index (χ2n) is 8.46. The number of rotatable bonds is 7. The molecule has 178 valence electrons. The minimum Gasteiger partial charge on any atom is -0.459 e. The molecule has 0 amide bonds. The van der Waals surface area contributed by atoms with Gasteiger partial charge in [0.1, 0.15) is 5.75 Å². The maximum Gasteiger partial charge on any atom is 0.338 e. The van der Waals surface area contributed by atoms with Crippen LogP contribution in [0.15, 0.2) is 53.5 Å². The summed E-state index contributed by atoms with van der Waals surface area (Å²) in [5.41, 5.74) is 13.2. The largest absolute Gasteiger partial charge is 0.459 e. The number of esters is 2. The summed E-state index contributed by atoms with van der Waals surface area (Å²) in [6.07, 6.45) is 3.24. The molecule has 2 aromatic rings. The van der Waals surface area contributed by atoms with Gasteiger partial charge in [-0.15, -0.1) is 12.4 Å². The van der Waals surface area contributed by atoms with Crippen molar-refractivity contribution in [1.82, 2.24) is 0 Å². The molecule has 3 rings (SSSR count). The number of carbonyl (C=O) groups is 2. The highest BCUT2D eigenvalue weighted by atomic mass is 35.5. The van der Waals surface area contributed by atoms with Gasteiger partial charge >= 0.3 is 11.9 Å². The Bertz CT molecular complexity index is 947. The fourth-order valence-electron chi connectivity index (χ4n) is 3.81. The molecular formula is C25H32ClN3O4. The lowest BCUT2D eigenvalue weighted by atomic mass is 9.82. The summed E-state index contributed by atoms with van der Waals surface area (Å²) in [6, 6.07) is 14.6. The van der Waals surface area contributed by atoms with Crippen molar-refractivity contribution in [1.29, 1.82) is 0 Å². The lowest BCUT2D eigenvalue weighted by Gasteiger charge is -2.26. The summed E-state index contributed by atoms with van der Waals surface area (Å²) < 4.78 is 10.8. The highest BCUT2D eigenvalue weighted by Gasteiger charge is 2.27. The van der Waals surface area contributed by atoms with Gasteiger partial charge in [0.2, 0.25) is 0 Å². The number of ether oxygens (including phenoxy) is 2. The van der Waals surface area contributed by atoms with Gasteiger partial charge in [0, 0.05) is 6.54 Å². The van der Waals surface area contributed by atoms with E-state index in [1.165, 1.54) is 0 Å². The molecular weight excluding hydrogens is 442 g/mol. The molecule has 1 saturated carbocycles. The van der Waals surface area contributed by atoms with E-state index < -0.39 is 0 Å². The van der Waals surface area contributed by atoms with Crippen LogP contribution in [0.3, 0.4) is 0 Å². The van der Waals surface area contributed by atoms with E-state index in [0.29, 0.717) is 23.8 Å². The van der Waals surface area contributed by atoms with Crippen LogP contribution in [-0.4, -0.2) is 30.5 Å². The van der Waals surface area contributed by atoms with Gasteiger partial charge in [-0.3, -0.25) is 9.79 Å². The Balaban J connectivity index is 0.00000385. The molecule has 1 aliphatic rings. The van der Waals surface area contributed by atoms with Gasteiger partial charge < -0.3 is 20.9 Å². The molecule has 0 saturated heterocycles. The number of guanidine groups is 1. The van der Waals surface area contributed by atoms with E-state index >= 15 is 0 Å². The van der Waals surface area contributed by atoms with E-state index in [4.69, 9.17) is 20.9 Å². The smallest absolute Gasteiger partial charge is 0.338 e. The zero-order valence-electron chi connectivity index (χ0n) is 19.0. The van der Waals surface area contributed by atoms with Crippen molar-refractivity contribution >= 4 is 30.3 Å². The molecule has 8 heteroatoms. The van der Waals surface area contributed by atoms with E-state index in [0.717, 1.165) is 36.8 Å². The van der Waals surface area contributed by atoms with E-state index in [1.807, 2.05) is 38.1 Å². The Morgan fingerprint density at radius 1 is 0.939 bits per heavy atom. The number of benzene rings is 2. The number of hydrogen-bond donors (Lipinski definition) is 2. The molecule has 0 aliphatic heterocycles. The average Bonchev–Trinajstić information content (AvgIpc) is 2.78. The molecule has 0 heterocycles. The topological polar surface area (TPSA) is 117 Å². The second kappa shape index (κ2) is 12.3. The van der Waals surface area contributed by atoms with Crippen LogP contribution >= 0.6 is 12.4 Å². The van der Waals surface area contributed by atoms with Crippen LogP contribution in [0.1, 0.15) is 49.9 Å². The summed E-state index contributed by atoms with van der Waals surface area (Å²) in [5, 5.41) is 0. The van der Waals surface area contributed by atoms with Crippen LogP contribution in [0.5, 0.6) is 5.75 Å². The van der Waals surface area contributed by atoms with Crippen LogP contribution < -0.4 is 16.2 Å². The molecule has 0 bridgehead atoms. The second-order valence-corrected chi connectivity index (χ2v) is 8.46. The molecule has 33 heavy (non-hydrogen) atoms. The monoisotopic (exact) mass is 473 g/mol. The van der Waals surface area contributed by atoms with E-state index in [2.05, 4.69) is 4.99 Å². The van der Waals surface area contributed by atoms with Crippen LogP contribution in [0.4, 0.5) is 0 Å². The Morgan fingerprint density at radius 2 is 1.48 bits per heavy atom. The lowest BCUT2D eigenvalue weighted by Crippen LogP contribution is -2.28.